The Balaban J connectivity index is 1.64. The molecule has 4 heterocycles. The Morgan fingerprint density at radius 1 is 1.03 bits per heavy atom. The smallest absolute Gasteiger partial charge is 0.170 e. The molecule has 0 amide bonds. The maximum absolute atomic E-state index is 6.61. The fourth-order valence-electron chi connectivity index (χ4n) is 4.73. The lowest BCUT2D eigenvalue weighted by atomic mass is 9.96. The predicted molar refractivity (Wildman–Crippen MR) is 140 cm³/mol. The highest BCUT2D eigenvalue weighted by atomic mass is 35.5. The first-order valence-corrected chi connectivity index (χ1v) is 12.1. The van der Waals surface area contributed by atoms with Gasteiger partial charge in [0.05, 0.1) is 33.5 Å². The van der Waals surface area contributed by atoms with Gasteiger partial charge < -0.3 is 14.8 Å². The Bertz CT molecular complexity index is 1340. The van der Waals surface area contributed by atoms with E-state index >= 15 is 0 Å². The first kappa shape index (κ1) is 22.8. The molecule has 1 aliphatic rings. The highest BCUT2D eigenvalue weighted by Gasteiger charge is 2.41. The van der Waals surface area contributed by atoms with Crippen LogP contribution in [0.2, 0.25) is 10.0 Å². The van der Waals surface area contributed by atoms with E-state index in [1.807, 2.05) is 48.8 Å². The quantitative estimate of drug-likeness (QED) is 0.318. The molecule has 172 valence electrons. The van der Waals surface area contributed by atoms with Gasteiger partial charge in [0, 0.05) is 36.5 Å². The maximum Gasteiger partial charge on any atom is 0.170 e. The van der Waals surface area contributed by atoms with Crippen molar-refractivity contribution in [2.24, 2.45) is 0 Å². The number of nitrogens with one attached hydrogen (secondary N) is 1. The summed E-state index contributed by atoms with van der Waals surface area (Å²) in [7, 11) is 0. The first-order valence-electron chi connectivity index (χ1n) is 11.0. The number of aryl methyl sites for hydroxylation is 1. The number of hydrogen-bond acceptors (Lipinski definition) is 3. The summed E-state index contributed by atoms with van der Waals surface area (Å²) in [5.74, 6) is 0. The molecule has 1 aliphatic heterocycles. The predicted octanol–water partition coefficient (Wildman–Crippen LogP) is 6.36. The van der Waals surface area contributed by atoms with Crippen molar-refractivity contribution in [1.29, 1.82) is 0 Å². The van der Waals surface area contributed by atoms with Crippen LogP contribution >= 0.6 is 35.4 Å². The normalized spacial score (nSPS) is 17.8. The monoisotopic (exact) mass is 507 g/mol. The third-order valence-corrected chi connectivity index (χ3v) is 7.40. The molecule has 1 N–H and O–H groups in total. The highest BCUT2D eigenvalue weighted by Crippen LogP contribution is 2.43. The summed E-state index contributed by atoms with van der Waals surface area (Å²) < 4.78 is 2.16. The van der Waals surface area contributed by atoms with Crippen molar-refractivity contribution >= 4 is 40.5 Å². The Morgan fingerprint density at radius 2 is 1.88 bits per heavy atom. The standard InChI is InChI=1S/C26H23Cl2N5S/c1-16-13-19(17(2)33(16)22-10-5-8-20(27)23(22)28)25-24(21-9-3-4-12-30-21)31-26(34)32(25)15-18-7-6-11-29-14-18/h3-14,24-25H,15H2,1-2H3,(H,31,34)/t24-,25+/m1/s1. The van der Waals surface area contributed by atoms with Gasteiger partial charge in [0.1, 0.15) is 0 Å². The SMILES string of the molecule is Cc1cc([C@H]2[C@@H](c3ccccn3)NC(=S)N2Cc2cccnc2)c(C)n1-c1cccc(Cl)c1Cl. The van der Waals surface area contributed by atoms with E-state index in [1.54, 1.807) is 12.3 Å². The summed E-state index contributed by atoms with van der Waals surface area (Å²) in [5.41, 5.74) is 6.18. The van der Waals surface area contributed by atoms with Crippen LogP contribution in [-0.2, 0) is 6.54 Å². The molecule has 0 radical (unpaired) electrons. The minimum Gasteiger partial charge on any atom is -0.352 e. The molecular weight excluding hydrogens is 485 g/mol. The summed E-state index contributed by atoms with van der Waals surface area (Å²) in [4.78, 5) is 11.2. The average Bonchev–Trinajstić information content (AvgIpc) is 3.32. The number of pyridine rings is 2. The van der Waals surface area contributed by atoms with Crippen LogP contribution in [0.15, 0.2) is 73.2 Å². The fourth-order valence-corrected chi connectivity index (χ4v) is 5.41. The van der Waals surface area contributed by atoms with E-state index in [2.05, 4.69) is 50.7 Å². The summed E-state index contributed by atoms with van der Waals surface area (Å²) in [5, 5.41) is 5.28. The van der Waals surface area contributed by atoms with Gasteiger partial charge in [0.25, 0.3) is 0 Å². The van der Waals surface area contributed by atoms with Gasteiger partial charge >= 0.3 is 0 Å². The molecule has 1 saturated heterocycles. The summed E-state index contributed by atoms with van der Waals surface area (Å²) in [6.07, 6.45) is 5.47. The molecule has 5 rings (SSSR count). The van der Waals surface area contributed by atoms with Gasteiger partial charge in [-0.3, -0.25) is 9.97 Å². The molecule has 8 heteroatoms. The van der Waals surface area contributed by atoms with Crippen LogP contribution in [-0.4, -0.2) is 24.5 Å². The van der Waals surface area contributed by atoms with Crippen LogP contribution in [0.3, 0.4) is 0 Å². The number of nitrogens with zero attached hydrogens (tertiary/aromatic N) is 4. The summed E-state index contributed by atoms with van der Waals surface area (Å²) >= 11 is 18.8. The van der Waals surface area contributed by atoms with Crippen LogP contribution in [0.4, 0.5) is 0 Å². The highest BCUT2D eigenvalue weighted by molar-refractivity contribution is 7.80. The molecule has 3 aromatic heterocycles. The molecule has 0 spiro atoms. The van der Waals surface area contributed by atoms with Crippen molar-refractivity contribution in [1.82, 2.24) is 24.8 Å². The van der Waals surface area contributed by atoms with Gasteiger partial charge in [0.2, 0.25) is 0 Å². The van der Waals surface area contributed by atoms with Crippen molar-refractivity contribution in [3.63, 3.8) is 0 Å². The molecule has 1 aromatic carbocycles. The van der Waals surface area contributed by atoms with Gasteiger partial charge in [-0.2, -0.15) is 0 Å². The number of benzene rings is 1. The Hall–Kier alpha value is -2.93. The van der Waals surface area contributed by atoms with Crippen LogP contribution in [0, 0.1) is 13.8 Å². The number of halogens is 2. The maximum atomic E-state index is 6.61. The lowest BCUT2D eigenvalue weighted by Gasteiger charge is -2.28. The van der Waals surface area contributed by atoms with Gasteiger partial charge in [-0.25, -0.2) is 0 Å². The van der Waals surface area contributed by atoms with E-state index in [4.69, 9.17) is 35.4 Å². The second-order valence-electron chi connectivity index (χ2n) is 8.35. The minimum absolute atomic E-state index is 0.0690. The van der Waals surface area contributed by atoms with Crippen LogP contribution < -0.4 is 5.32 Å². The minimum atomic E-state index is -0.103. The molecule has 0 saturated carbocycles. The second-order valence-corrected chi connectivity index (χ2v) is 9.52. The van der Waals surface area contributed by atoms with Crippen LogP contribution in [0.25, 0.3) is 5.69 Å². The van der Waals surface area contributed by atoms with Gasteiger partial charge in [-0.05, 0) is 73.6 Å². The molecule has 0 unspecified atom stereocenters. The Morgan fingerprint density at radius 3 is 2.62 bits per heavy atom. The van der Waals surface area contributed by atoms with E-state index in [0.29, 0.717) is 21.7 Å². The van der Waals surface area contributed by atoms with E-state index in [0.717, 1.165) is 33.9 Å². The van der Waals surface area contributed by atoms with Crippen molar-refractivity contribution in [3.05, 3.63) is 111 Å². The van der Waals surface area contributed by atoms with Crippen molar-refractivity contribution in [2.45, 2.75) is 32.5 Å². The zero-order valence-electron chi connectivity index (χ0n) is 18.7. The van der Waals surface area contributed by atoms with E-state index < -0.39 is 0 Å². The summed E-state index contributed by atoms with van der Waals surface area (Å²) in [6.45, 7) is 4.82. The molecule has 2 atom stereocenters. The lowest BCUT2D eigenvalue weighted by Crippen LogP contribution is -2.29. The van der Waals surface area contributed by atoms with Crippen molar-refractivity contribution in [2.75, 3.05) is 0 Å². The number of rotatable bonds is 5. The molecule has 4 aromatic rings. The Kier molecular flexibility index (Phi) is 6.30. The Labute approximate surface area is 214 Å². The van der Waals surface area contributed by atoms with E-state index in [9.17, 15) is 0 Å². The van der Waals surface area contributed by atoms with Crippen LogP contribution in [0.5, 0.6) is 0 Å². The molecule has 5 nitrogen and oxygen atoms in total. The number of hydrogen-bond donors (Lipinski definition) is 1. The first-order chi connectivity index (χ1) is 16.5. The topological polar surface area (TPSA) is 46.0 Å². The van der Waals surface area contributed by atoms with Crippen molar-refractivity contribution in [3.8, 4) is 5.69 Å². The van der Waals surface area contributed by atoms with E-state index in [1.165, 1.54) is 0 Å². The van der Waals surface area contributed by atoms with Gasteiger partial charge in [0.15, 0.2) is 5.11 Å². The molecule has 1 fully saturated rings. The average molecular weight is 508 g/mol. The van der Waals surface area contributed by atoms with Crippen LogP contribution in [0.1, 0.15) is 40.3 Å². The number of aromatic nitrogens is 3. The molecule has 34 heavy (non-hydrogen) atoms. The summed E-state index contributed by atoms with van der Waals surface area (Å²) in [6, 6.07) is 17.7. The largest absolute Gasteiger partial charge is 0.352 e. The molecule has 0 bridgehead atoms. The van der Waals surface area contributed by atoms with E-state index in [-0.39, 0.29) is 12.1 Å². The third kappa shape index (κ3) is 4.06. The van der Waals surface area contributed by atoms with Gasteiger partial charge in [-0.15, -0.1) is 0 Å². The van der Waals surface area contributed by atoms with Crippen molar-refractivity contribution < 1.29 is 0 Å². The fraction of sp³-hybridized carbons (Fsp3) is 0.192. The molecule has 0 aliphatic carbocycles. The zero-order valence-corrected chi connectivity index (χ0v) is 21.1. The second kappa shape index (κ2) is 9.37. The molecular formula is C26H23Cl2N5S. The lowest BCUT2D eigenvalue weighted by molar-refractivity contribution is 0.310. The zero-order chi connectivity index (χ0) is 23.8. The van der Waals surface area contributed by atoms with Gasteiger partial charge in [-0.1, -0.05) is 41.4 Å². The number of thiocarbonyl (C=S) groups is 1. The third-order valence-electron chi connectivity index (χ3n) is 6.23.